The maximum atomic E-state index is 12.5. The van der Waals surface area contributed by atoms with Crippen LogP contribution in [0.3, 0.4) is 0 Å². The third-order valence-electron chi connectivity index (χ3n) is 4.70. The molecule has 1 aromatic carbocycles. The highest BCUT2D eigenvalue weighted by molar-refractivity contribution is 7.90. The van der Waals surface area contributed by atoms with Crippen molar-refractivity contribution in [1.29, 1.82) is 0 Å². The van der Waals surface area contributed by atoms with Crippen LogP contribution in [-0.4, -0.2) is 38.3 Å². The van der Waals surface area contributed by atoms with Crippen molar-refractivity contribution in [3.05, 3.63) is 29.8 Å². The second-order valence-corrected chi connectivity index (χ2v) is 8.09. The number of rotatable bonds is 4. The summed E-state index contributed by atoms with van der Waals surface area (Å²) >= 11 is 0. The van der Waals surface area contributed by atoms with Crippen LogP contribution in [0.2, 0.25) is 0 Å². The first-order valence-electron chi connectivity index (χ1n) is 8.09. The zero-order chi connectivity index (χ0) is 17.4. The number of nitrogens with two attached hydrogens (primary N) is 1. The molecule has 0 saturated heterocycles. The van der Waals surface area contributed by atoms with E-state index in [9.17, 15) is 13.2 Å². The third-order valence-corrected chi connectivity index (χ3v) is 6.10. The number of amidine groups is 1. The van der Waals surface area contributed by atoms with Crippen molar-refractivity contribution in [3.8, 4) is 0 Å². The summed E-state index contributed by atoms with van der Waals surface area (Å²) in [5, 5.41) is 3.01. The summed E-state index contributed by atoms with van der Waals surface area (Å²) in [6.45, 7) is 2.05. The maximum absolute atomic E-state index is 12.5. The smallest absolute Gasteiger partial charge is 0.263 e. The number of halogens is 1. The van der Waals surface area contributed by atoms with E-state index < -0.39 is 16.1 Å². The second kappa shape index (κ2) is 7.31. The van der Waals surface area contributed by atoms with E-state index in [0.29, 0.717) is 12.1 Å². The lowest BCUT2D eigenvalue weighted by molar-refractivity contribution is -0.123. The molecule has 4 N–H and O–H groups in total. The van der Waals surface area contributed by atoms with Gasteiger partial charge in [0.15, 0.2) is 0 Å². The normalized spacial score (nSPS) is 22.6. The SMILES string of the molecule is CC(N=C1NS(=O)(=O)c2ccccc21)C(=O)NC1(CN)CCCC1.Cl. The Balaban J connectivity index is 0.00000225. The maximum Gasteiger partial charge on any atom is 0.263 e. The number of nitrogens with one attached hydrogen (secondary N) is 2. The van der Waals surface area contributed by atoms with Gasteiger partial charge in [-0.15, -0.1) is 12.4 Å². The van der Waals surface area contributed by atoms with Crippen molar-refractivity contribution in [2.75, 3.05) is 6.54 Å². The lowest BCUT2D eigenvalue weighted by atomic mass is 9.97. The lowest BCUT2D eigenvalue weighted by Crippen LogP contribution is -2.54. The second-order valence-electron chi connectivity index (χ2n) is 6.44. The van der Waals surface area contributed by atoms with Gasteiger partial charge in [-0.05, 0) is 31.9 Å². The number of hydrogen-bond acceptors (Lipinski definition) is 5. The molecule has 0 bridgehead atoms. The Bertz CT molecular complexity index is 788. The predicted octanol–water partition coefficient (Wildman–Crippen LogP) is 0.923. The van der Waals surface area contributed by atoms with Gasteiger partial charge in [-0.3, -0.25) is 14.5 Å². The van der Waals surface area contributed by atoms with Crippen LogP contribution in [0, 0.1) is 0 Å². The van der Waals surface area contributed by atoms with Crippen LogP contribution in [0.5, 0.6) is 0 Å². The van der Waals surface area contributed by atoms with Gasteiger partial charge in [0, 0.05) is 12.1 Å². The summed E-state index contributed by atoms with van der Waals surface area (Å²) in [6, 6.07) is 5.88. The van der Waals surface area contributed by atoms with Crippen molar-refractivity contribution in [2.45, 2.75) is 49.1 Å². The van der Waals surface area contributed by atoms with E-state index in [0.717, 1.165) is 25.7 Å². The van der Waals surface area contributed by atoms with E-state index in [1.807, 2.05) is 0 Å². The van der Waals surface area contributed by atoms with Gasteiger partial charge < -0.3 is 11.1 Å². The standard InChI is InChI=1S/C16H22N4O3S.ClH/c1-11(15(21)19-16(10-17)8-4-5-9-16)18-14-12-6-2-3-7-13(12)24(22,23)20-14;/h2-3,6-7,11H,4-5,8-10,17H2,1H3,(H,18,20)(H,19,21);1H. The molecular formula is C16H23ClN4O3S. The van der Waals surface area contributed by atoms with Crippen molar-refractivity contribution in [3.63, 3.8) is 0 Å². The molecule has 1 unspecified atom stereocenters. The van der Waals surface area contributed by atoms with Gasteiger partial charge in [0.1, 0.15) is 11.9 Å². The first-order valence-corrected chi connectivity index (χ1v) is 9.57. The fraction of sp³-hybridized carbons (Fsp3) is 0.500. The largest absolute Gasteiger partial charge is 0.348 e. The van der Waals surface area contributed by atoms with E-state index in [-0.39, 0.29) is 34.6 Å². The summed E-state index contributed by atoms with van der Waals surface area (Å²) < 4.78 is 26.6. The van der Waals surface area contributed by atoms with E-state index in [1.165, 1.54) is 6.07 Å². The minimum atomic E-state index is -3.60. The lowest BCUT2D eigenvalue weighted by Gasteiger charge is -2.29. The number of carbonyl (C=O) groups excluding carboxylic acids is 1. The van der Waals surface area contributed by atoms with Crippen LogP contribution in [-0.2, 0) is 14.8 Å². The number of hydrogen-bond donors (Lipinski definition) is 3. The van der Waals surface area contributed by atoms with Gasteiger partial charge in [0.25, 0.3) is 10.0 Å². The molecular weight excluding hydrogens is 364 g/mol. The Morgan fingerprint density at radius 1 is 1.36 bits per heavy atom. The third kappa shape index (κ3) is 3.80. The molecule has 1 saturated carbocycles. The highest BCUT2D eigenvalue weighted by atomic mass is 35.5. The van der Waals surface area contributed by atoms with Gasteiger partial charge in [-0.1, -0.05) is 25.0 Å². The van der Waals surface area contributed by atoms with Gasteiger partial charge in [0.05, 0.1) is 10.4 Å². The molecule has 7 nitrogen and oxygen atoms in total. The number of nitrogens with zero attached hydrogens (tertiary/aromatic N) is 1. The molecule has 1 amide bonds. The molecule has 138 valence electrons. The number of carbonyl (C=O) groups is 1. The Kier molecular flexibility index (Phi) is 5.75. The first kappa shape index (κ1) is 19.7. The Morgan fingerprint density at radius 2 is 2.00 bits per heavy atom. The van der Waals surface area contributed by atoms with Crippen LogP contribution < -0.4 is 15.8 Å². The van der Waals surface area contributed by atoms with Gasteiger partial charge in [-0.2, -0.15) is 0 Å². The number of amides is 1. The monoisotopic (exact) mass is 386 g/mol. The molecule has 3 rings (SSSR count). The molecule has 0 aromatic heterocycles. The van der Waals surface area contributed by atoms with E-state index in [1.54, 1.807) is 25.1 Å². The summed E-state index contributed by atoms with van der Waals surface area (Å²) in [5.41, 5.74) is 5.98. The van der Waals surface area contributed by atoms with Gasteiger partial charge in [-0.25, -0.2) is 8.42 Å². The van der Waals surface area contributed by atoms with Crippen molar-refractivity contribution in [2.24, 2.45) is 10.7 Å². The van der Waals surface area contributed by atoms with Crippen LogP contribution in [0.4, 0.5) is 0 Å². The zero-order valence-electron chi connectivity index (χ0n) is 14.0. The fourth-order valence-corrected chi connectivity index (χ4v) is 4.52. The fourth-order valence-electron chi connectivity index (χ4n) is 3.28. The Morgan fingerprint density at radius 3 is 2.64 bits per heavy atom. The quantitative estimate of drug-likeness (QED) is 0.713. The molecule has 9 heteroatoms. The topological polar surface area (TPSA) is 114 Å². The molecule has 1 aliphatic carbocycles. The van der Waals surface area contributed by atoms with Crippen molar-refractivity contribution in [1.82, 2.24) is 10.0 Å². The average Bonchev–Trinajstić information content (AvgIpc) is 3.12. The predicted molar refractivity (Wildman–Crippen MR) is 98.4 cm³/mol. The zero-order valence-corrected chi connectivity index (χ0v) is 15.6. The summed E-state index contributed by atoms with van der Waals surface area (Å²) in [6.07, 6.45) is 3.84. The van der Waals surface area contributed by atoms with Gasteiger partial charge in [0.2, 0.25) is 5.91 Å². The molecule has 0 spiro atoms. The molecule has 1 heterocycles. The molecule has 25 heavy (non-hydrogen) atoms. The van der Waals surface area contributed by atoms with Crippen LogP contribution in [0.1, 0.15) is 38.2 Å². The molecule has 1 aromatic rings. The van der Waals surface area contributed by atoms with Crippen LogP contribution in [0.25, 0.3) is 0 Å². The highest BCUT2D eigenvalue weighted by Gasteiger charge is 2.36. The minimum absolute atomic E-state index is 0. The van der Waals surface area contributed by atoms with Gasteiger partial charge >= 0.3 is 0 Å². The minimum Gasteiger partial charge on any atom is -0.348 e. The van der Waals surface area contributed by atoms with E-state index >= 15 is 0 Å². The molecule has 1 fully saturated rings. The summed E-state index contributed by atoms with van der Waals surface area (Å²) in [5.74, 6) is -0.0279. The van der Waals surface area contributed by atoms with Crippen molar-refractivity contribution >= 4 is 34.2 Å². The number of sulfonamides is 1. The molecule has 1 aliphatic heterocycles. The number of benzene rings is 1. The highest BCUT2D eigenvalue weighted by Crippen LogP contribution is 2.29. The van der Waals surface area contributed by atoms with E-state index in [4.69, 9.17) is 5.73 Å². The summed E-state index contributed by atoms with van der Waals surface area (Å²) in [7, 11) is -3.60. The van der Waals surface area contributed by atoms with Crippen LogP contribution >= 0.6 is 12.4 Å². The van der Waals surface area contributed by atoms with Crippen molar-refractivity contribution < 1.29 is 13.2 Å². The Hall–Kier alpha value is -1.64. The first-order chi connectivity index (χ1) is 11.4. The van der Waals surface area contributed by atoms with E-state index in [2.05, 4.69) is 15.0 Å². The van der Waals surface area contributed by atoms with Crippen LogP contribution in [0.15, 0.2) is 34.2 Å². The summed E-state index contributed by atoms with van der Waals surface area (Å²) in [4.78, 5) is 17.0. The molecule has 0 radical (unpaired) electrons. The number of aliphatic imine (C=N–C) groups is 1. The number of fused-ring (bicyclic) bond motifs is 1. The molecule has 2 aliphatic rings. The Labute approximate surface area is 153 Å². The molecule has 1 atom stereocenters. The average molecular weight is 387 g/mol.